The summed E-state index contributed by atoms with van der Waals surface area (Å²) in [5.74, 6) is 3.23. The van der Waals surface area contributed by atoms with Crippen molar-refractivity contribution in [1.82, 2.24) is 24.8 Å². The van der Waals surface area contributed by atoms with Crippen molar-refractivity contribution in [3.05, 3.63) is 82.4 Å². The molecule has 0 spiro atoms. The molecule has 0 bridgehead atoms. The fourth-order valence-corrected chi connectivity index (χ4v) is 5.90. The van der Waals surface area contributed by atoms with E-state index in [9.17, 15) is 4.79 Å². The van der Waals surface area contributed by atoms with E-state index in [0.29, 0.717) is 58.0 Å². The third kappa shape index (κ3) is 8.33. The van der Waals surface area contributed by atoms with Crippen LogP contribution in [0.3, 0.4) is 0 Å². The third-order valence-corrected chi connectivity index (χ3v) is 8.40. The van der Waals surface area contributed by atoms with Crippen molar-refractivity contribution in [2.45, 2.75) is 57.7 Å². The summed E-state index contributed by atoms with van der Waals surface area (Å²) in [4.78, 5) is 27.3. The highest BCUT2D eigenvalue weighted by molar-refractivity contribution is 6.35. The number of rotatable bonds is 13. The minimum absolute atomic E-state index is 0.123. The van der Waals surface area contributed by atoms with Crippen LogP contribution in [0.15, 0.2) is 61.2 Å². The average Bonchev–Trinajstić information content (AvgIpc) is 3.59. The van der Waals surface area contributed by atoms with E-state index in [4.69, 9.17) is 42.6 Å². The van der Waals surface area contributed by atoms with E-state index in [0.717, 1.165) is 24.0 Å². The van der Waals surface area contributed by atoms with Gasteiger partial charge in [-0.3, -0.25) is 9.36 Å². The zero-order valence-electron chi connectivity index (χ0n) is 24.9. The molecule has 2 heterocycles. The molecule has 0 saturated heterocycles. The molecule has 1 amide bonds. The molecule has 1 atom stereocenters. The van der Waals surface area contributed by atoms with Crippen molar-refractivity contribution in [2.24, 2.45) is 5.92 Å². The fraction of sp³-hybridized carbons (Fsp3) is 0.375. The zero-order valence-corrected chi connectivity index (χ0v) is 26.4. The lowest BCUT2D eigenvalue weighted by Gasteiger charge is -2.27. The van der Waals surface area contributed by atoms with Gasteiger partial charge in [0.15, 0.2) is 0 Å². The first-order valence-corrected chi connectivity index (χ1v) is 15.5. The summed E-state index contributed by atoms with van der Waals surface area (Å²) in [6, 6.07) is 12.2. The van der Waals surface area contributed by atoms with Gasteiger partial charge >= 0.3 is 0 Å². The number of amides is 1. The van der Waals surface area contributed by atoms with Crippen LogP contribution in [-0.2, 0) is 17.9 Å². The zero-order chi connectivity index (χ0) is 30.9. The Morgan fingerprint density at radius 3 is 2.55 bits per heavy atom. The Bertz CT molecular complexity index is 1550. The van der Waals surface area contributed by atoms with Gasteiger partial charge in [0, 0.05) is 53.2 Å². The minimum Gasteiger partial charge on any atom is -0.497 e. The van der Waals surface area contributed by atoms with Crippen LogP contribution >= 0.6 is 23.2 Å². The molecule has 0 aliphatic heterocycles. The third-order valence-electron chi connectivity index (χ3n) is 7.81. The smallest absolute Gasteiger partial charge is 0.242 e. The van der Waals surface area contributed by atoms with Gasteiger partial charge in [-0.2, -0.15) is 9.97 Å². The summed E-state index contributed by atoms with van der Waals surface area (Å²) in [6.07, 6.45) is 11.7. The van der Waals surface area contributed by atoms with Gasteiger partial charge in [-0.15, -0.1) is 0 Å². The Balaban J connectivity index is 1.38. The molecule has 10 nitrogen and oxygen atoms in total. The normalized spacial score (nSPS) is 14.1. The molecular weight excluding hydrogens is 601 g/mol. The van der Waals surface area contributed by atoms with Crippen LogP contribution in [0, 0.1) is 5.92 Å². The minimum atomic E-state index is -0.510. The van der Waals surface area contributed by atoms with E-state index in [2.05, 4.69) is 20.9 Å². The molecule has 1 unspecified atom stereocenters. The lowest BCUT2D eigenvalue weighted by molar-refractivity contribution is -0.122. The van der Waals surface area contributed by atoms with E-state index in [-0.39, 0.29) is 12.5 Å². The van der Waals surface area contributed by atoms with Gasteiger partial charge in [-0.05, 0) is 42.2 Å². The molecule has 1 aliphatic rings. The Kier molecular flexibility index (Phi) is 10.8. The topological polar surface area (TPSA) is 115 Å². The van der Waals surface area contributed by atoms with Gasteiger partial charge in [-0.1, -0.05) is 61.4 Å². The number of hydrogen-bond donors (Lipinski definition) is 3. The molecule has 12 heteroatoms. The van der Waals surface area contributed by atoms with Gasteiger partial charge in [-0.25, -0.2) is 4.98 Å². The van der Waals surface area contributed by atoms with Crippen LogP contribution in [-0.4, -0.2) is 45.7 Å². The number of nitrogens with one attached hydrogen (secondary N) is 3. The number of carbonyl (C=O) groups excluding carboxylic acids is 1. The molecule has 232 valence electrons. The van der Waals surface area contributed by atoms with E-state index in [1.54, 1.807) is 43.4 Å². The predicted molar refractivity (Wildman–Crippen MR) is 173 cm³/mol. The van der Waals surface area contributed by atoms with E-state index in [1.807, 2.05) is 36.5 Å². The van der Waals surface area contributed by atoms with Crippen molar-refractivity contribution in [2.75, 3.05) is 24.9 Å². The van der Waals surface area contributed by atoms with Gasteiger partial charge in [0.05, 0.1) is 14.2 Å². The molecule has 1 aliphatic carbocycles. The molecule has 2 aromatic heterocycles. The van der Waals surface area contributed by atoms with Crippen LogP contribution in [0.2, 0.25) is 10.0 Å². The monoisotopic (exact) mass is 637 g/mol. The highest BCUT2D eigenvalue weighted by Gasteiger charge is 2.25. The van der Waals surface area contributed by atoms with Gasteiger partial charge in [0.25, 0.3) is 0 Å². The number of benzene rings is 2. The number of aromatic nitrogens is 4. The fourth-order valence-electron chi connectivity index (χ4n) is 5.42. The van der Waals surface area contributed by atoms with Crippen LogP contribution in [0.1, 0.15) is 49.7 Å². The number of nitrogens with zero attached hydrogens (tertiary/aromatic N) is 4. The van der Waals surface area contributed by atoms with Crippen molar-refractivity contribution < 1.29 is 14.3 Å². The van der Waals surface area contributed by atoms with Crippen molar-refractivity contribution in [3.8, 4) is 17.3 Å². The maximum atomic E-state index is 13.7. The highest BCUT2D eigenvalue weighted by Crippen LogP contribution is 2.29. The van der Waals surface area contributed by atoms with Gasteiger partial charge in [0.2, 0.25) is 11.9 Å². The number of halogens is 2. The molecule has 3 N–H and O–H groups in total. The number of carbonyl (C=O) groups is 1. The average molecular weight is 639 g/mol. The molecule has 1 fully saturated rings. The van der Waals surface area contributed by atoms with Crippen LogP contribution < -0.4 is 25.4 Å². The maximum Gasteiger partial charge on any atom is 0.242 e. The number of imidazole rings is 1. The summed E-state index contributed by atoms with van der Waals surface area (Å²) >= 11 is 12.4. The number of hydrogen-bond acceptors (Lipinski definition) is 8. The molecule has 4 aromatic rings. The highest BCUT2D eigenvalue weighted by atomic mass is 35.5. The van der Waals surface area contributed by atoms with Gasteiger partial charge < -0.3 is 25.4 Å². The first-order chi connectivity index (χ1) is 21.4. The summed E-state index contributed by atoms with van der Waals surface area (Å²) in [6.45, 7) is 0.700. The van der Waals surface area contributed by atoms with Crippen molar-refractivity contribution in [3.63, 3.8) is 0 Å². The Morgan fingerprint density at radius 1 is 1.00 bits per heavy atom. The van der Waals surface area contributed by atoms with E-state index < -0.39 is 6.04 Å². The first-order valence-electron chi connectivity index (χ1n) is 14.7. The number of methoxy groups -OCH3 is 2. The number of ether oxygens (including phenoxy) is 2. The van der Waals surface area contributed by atoms with E-state index >= 15 is 0 Å². The predicted octanol–water partition coefficient (Wildman–Crippen LogP) is 6.67. The lowest BCUT2D eigenvalue weighted by atomic mass is 9.84. The number of anilines is 2. The summed E-state index contributed by atoms with van der Waals surface area (Å²) in [5.41, 5.74) is 1.71. The lowest BCUT2D eigenvalue weighted by Crippen LogP contribution is -2.41. The summed E-state index contributed by atoms with van der Waals surface area (Å²) in [7, 11) is 3.24. The first kappa shape index (κ1) is 31.4. The quantitative estimate of drug-likeness (QED) is 0.149. The summed E-state index contributed by atoms with van der Waals surface area (Å²) in [5, 5.41) is 10.9. The van der Waals surface area contributed by atoms with Crippen molar-refractivity contribution >= 4 is 40.9 Å². The van der Waals surface area contributed by atoms with Gasteiger partial charge in [0.1, 0.15) is 35.5 Å². The van der Waals surface area contributed by atoms with Crippen LogP contribution in [0.5, 0.6) is 11.5 Å². The molecule has 0 radical (unpaired) electrons. The maximum absolute atomic E-state index is 13.7. The molecule has 5 rings (SSSR count). The second-order valence-electron chi connectivity index (χ2n) is 10.8. The Hall–Kier alpha value is -4.02. The molecule has 1 saturated carbocycles. The molecule has 2 aromatic carbocycles. The molecule has 44 heavy (non-hydrogen) atoms. The molecular formula is C32H37Cl2N7O3. The second kappa shape index (κ2) is 15.1. The van der Waals surface area contributed by atoms with Crippen LogP contribution in [0.4, 0.5) is 11.8 Å². The standard InChI is InChI=1S/C32H37Cl2N7O3/c1-43-25-11-9-23(28(16-25)44-2)19-37-32-39-29(17-30(40-32)41-13-12-35-20-41)38-27(14-21-6-4-3-5-7-21)31(42)36-18-22-8-10-24(33)15-26(22)34/h8-13,15-17,20-21,27H,3-7,14,18-19H2,1-2H3,(H,36,42)(H2,37,38,39,40). The Labute approximate surface area is 267 Å². The van der Waals surface area contributed by atoms with Crippen molar-refractivity contribution in [1.29, 1.82) is 0 Å². The largest absolute Gasteiger partial charge is 0.497 e. The Morgan fingerprint density at radius 2 is 1.82 bits per heavy atom. The SMILES string of the molecule is COc1ccc(CNc2nc(NC(CC3CCCCC3)C(=O)NCc3ccc(Cl)cc3Cl)cc(-n3ccnc3)n2)c(OC)c1. The second-order valence-corrected chi connectivity index (χ2v) is 11.7. The summed E-state index contributed by atoms with van der Waals surface area (Å²) < 4.78 is 12.7. The van der Waals surface area contributed by atoms with E-state index in [1.165, 1.54) is 19.3 Å². The van der Waals surface area contributed by atoms with Crippen LogP contribution in [0.25, 0.3) is 5.82 Å².